The average Bonchev–Trinajstić information content (AvgIpc) is 2.48. The van der Waals surface area contributed by atoms with Gasteiger partial charge in [0.05, 0.1) is 24.3 Å². The van der Waals surface area contributed by atoms with Gasteiger partial charge in [-0.2, -0.15) is 0 Å². The Kier molecular flexibility index (Phi) is 5.06. The molecule has 1 aromatic carbocycles. The van der Waals surface area contributed by atoms with Gasteiger partial charge in [-0.05, 0) is 19.4 Å². The molecule has 0 atom stereocenters. The number of nitrogens with zero attached hydrogens (tertiary/aromatic N) is 2. The number of nitrogens with two attached hydrogens (primary N) is 1. The Morgan fingerprint density at radius 2 is 2.05 bits per heavy atom. The van der Waals surface area contributed by atoms with Crippen LogP contribution in [-0.2, 0) is 11.3 Å². The predicted molar refractivity (Wildman–Crippen MR) is 84.1 cm³/mol. The molecule has 0 aliphatic rings. The van der Waals surface area contributed by atoms with E-state index < -0.39 is 5.54 Å². The van der Waals surface area contributed by atoms with Crippen molar-refractivity contribution in [3.8, 4) is 0 Å². The molecular weight excluding hydrogens is 280 g/mol. The van der Waals surface area contributed by atoms with E-state index in [-0.39, 0.29) is 17.3 Å². The van der Waals surface area contributed by atoms with Gasteiger partial charge >= 0.3 is 0 Å². The molecule has 0 aliphatic heterocycles. The molecule has 2 rings (SSSR count). The van der Waals surface area contributed by atoms with Crippen LogP contribution in [0.4, 0.5) is 5.82 Å². The molecule has 1 heterocycles. The van der Waals surface area contributed by atoms with Crippen molar-refractivity contribution >= 4 is 11.7 Å². The van der Waals surface area contributed by atoms with Crippen molar-refractivity contribution in [1.82, 2.24) is 15.3 Å². The van der Waals surface area contributed by atoms with Crippen LogP contribution < -0.4 is 11.1 Å². The Morgan fingerprint density at radius 1 is 1.32 bits per heavy atom. The summed E-state index contributed by atoms with van der Waals surface area (Å²) in [5, 5.41) is 2.88. The van der Waals surface area contributed by atoms with Gasteiger partial charge in [-0.1, -0.05) is 30.3 Å². The Hall–Kier alpha value is -2.47. The van der Waals surface area contributed by atoms with Gasteiger partial charge in [0.25, 0.3) is 5.91 Å². The number of aromatic nitrogens is 2. The van der Waals surface area contributed by atoms with E-state index in [0.717, 1.165) is 5.56 Å². The molecule has 3 N–H and O–H groups in total. The summed E-state index contributed by atoms with van der Waals surface area (Å²) < 4.78 is 5.67. The standard InChI is InChI=1S/C16H20N4O2/c1-16(2,10-22-9-12-6-4-3-5-7-12)20-15(21)13-8-18-11-19-14(13)17/h3-8,11H,9-10H2,1-2H3,(H,20,21)(H2,17,18,19). The van der Waals surface area contributed by atoms with Crippen LogP contribution in [0.1, 0.15) is 29.8 Å². The molecule has 0 fully saturated rings. The highest BCUT2D eigenvalue weighted by atomic mass is 16.5. The van der Waals surface area contributed by atoms with Crippen LogP contribution in [0.3, 0.4) is 0 Å². The lowest BCUT2D eigenvalue weighted by atomic mass is 10.1. The summed E-state index contributed by atoms with van der Waals surface area (Å²) in [6.07, 6.45) is 2.71. The lowest BCUT2D eigenvalue weighted by Gasteiger charge is -2.26. The number of carbonyl (C=O) groups excluding carboxylic acids is 1. The molecule has 0 unspecified atom stereocenters. The molecule has 0 bridgehead atoms. The first-order chi connectivity index (χ1) is 10.5. The minimum absolute atomic E-state index is 0.161. The molecular formula is C16H20N4O2. The van der Waals surface area contributed by atoms with Crippen LogP contribution in [0.25, 0.3) is 0 Å². The molecule has 0 spiro atoms. The van der Waals surface area contributed by atoms with E-state index in [2.05, 4.69) is 15.3 Å². The molecule has 0 radical (unpaired) electrons. The van der Waals surface area contributed by atoms with E-state index in [1.54, 1.807) is 0 Å². The second kappa shape index (κ2) is 7.00. The van der Waals surface area contributed by atoms with Crippen molar-refractivity contribution < 1.29 is 9.53 Å². The number of hydrogen-bond donors (Lipinski definition) is 2. The number of anilines is 1. The number of benzene rings is 1. The summed E-state index contributed by atoms with van der Waals surface area (Å²) in [4.78, 5) is 19.8. The van der Waals surface area contributed by atoms with Gasteiger partial charge in [0, 0.05) is 6.20 Å². The maximum atomic E-state index is 12.2. The molecule has 6 nitrogen and oxygen atoms in total. The summed E-state index contributed by atoms with van der Waals surface area (Å²) >= 11 is 0. The molecule has 0 aliphatic carbocycles. The first kappa shape index (κ1) is 15.9. The van der Waals surface area contributed by atoms with Crippen LogP contribution in [0.15, 0.2) is 42.9 Å². The van der Waals surface area contributed by atoms with E-state index in [0.29, 0.717) is 13.2 Å². The van der Waals surface area contributed by atoms with Crippen LogP contribution in [0.5, 0.6) is 0 Å². The Balaban J connectivity index is 1.88. The molecule has 2 aromatic rings. The van der Waals surface area contributed by atoms with Gasteiger partial charge < -0.3 is 15.8 Å². The second-order valence-corrected chi connectivity index (χ2v) is 5.64. The largest absolute Gasteiger partial charge is 0.383 e. The van der Waals surface area contributed by atoms with Crippen LogP contribution >= 0.6 is 0 Å². The van der Waals surface area contributed by atoms with Gasteiger partial charge in [0.1, 0.15) is 12.1 Å². The molecule has 1 amide bonds. The fraction of sp³-hybridized carbons (Fsp3) is 0.312. The topological polar surface area (TPSA) is 90.1 Å². The van der Waals surface area contributed by atoms with Gasteiger partial charge in [-0.15, -0.1) is 0 Å². The average molecular weight is 300 g/mol. The van der Waals surface area contributed by atoms with E-state index in [9.17, 15) is 4.79 Å². The van der Waals surface area contributed by atoms with Gasteiger partial charge in [0.15, 0.2) is 0 Å². The van der Waals surface area contributed by atoms with Gasteiger partial charge in [-0.3, -0.25) is 4.79 Å². The van der Waals surface area contributed by atoms with Crippen molar-refractivity contribution in [2.24, 2.45) is 0 Å². The predicted octanol–water partition coefficient (Wildman–Crippen LogP) is 1.78. The molecule has 22 heavy (non-hydrogen) atoms. The molecule has 6 heteroatoms. The smallest absolute Gasteiger partial charge is 0.257 e. The van der Waals surface area contributed by atoms with Crippen molar-refractivity contribution in [1.29, 1.82) is 0 Å². The second-order valence-electron chi connectivity index (χ2n) is 5.64. The number of nitrogens with one attached hydrogen (secondary N) is 1. The third-order valence-corrected chi connectivity index (χ3v) is 3.01. The maximum Gasteiger partial charge on any atom is 0.257 e. The first-order valence-electron chi connectivity index (χ1n) is 6.97. The fourth-order valence-corrected chi connectivity index (χ4v) is 1.92. The highest BCUT2D eigenvalue weighted by Gasteiger charge is 2.23. The normalized spacial score (nSPS) is 11.2. The van der Waals surface area contributed by atoms with E-state index in [1.165, 1.54) is 12.5 Å². The zero-order chi connectivity index (χ0) is 16.0. The Labute approximate surface area is 129 Å². The summed E-state index contributed by atoms with van der Waals surface area (Å²) in [7, 11) is 0. The molecule has 0 saturated carbocycles. The number of ether oxygens (including phenoxy) is 1. The Morgan fingerprint density at radius 3 is 2.73 bits per heavy atom. The monoisotopic (exact) mass is 300 g/mol. The van der Waals surface area contributed by atoms with Crippen LogP contribution in [0, 0.1) is 0 Å². The van der Waals surface area contributed by atoms with Crippen molar-refractivity contribution in [3.63, 3.8) is 0 Å². The molecule has 0 saturated heterocycles. The zero-order valence-electron chi connectivity index (χ0n) is 12.7. The molecule has 1 aromatic heterocycles. The van der Waals surface area contributed by atoms with E-state index in [1.807, 2.05) is 44.2 Å². The van der Waals surface area contributed by atoms with E-state index >= 15 is 0 Å². The minimum atomic E-state index is -0.534. The van der Waals surface area contributed by atoms with Crippen LogP contribution in [0.2, 0.25) is 0 Å². The van der Waals surface area contributed by atoms with Gasteiger partial charge in [0.2, 0.25) is 0 Å². The lowest BCUT2D eigenvalue weighted by Crippen LogP contribution is -2.47. The highest BCUT2D eigenvalue weighted by Crippen LogP contribution is 2.10. The van der Waals surface area contributed by atoms with Crippen molar-refractivity contribution in [2.75, 3.05) is 12.3 Å². The number of amides is 1. The van der Waals surface area contributed by atoms with Gasteiger partial charge in [-0.25, -0.2) is 9.97 Å². The third-order valence-electron chi connectivity index (χ3n) is 3.01. The summed E-state index contributed by atoms with van der Waals surface area (Å²) in [5.74, 6) is -0.153. The van der Waals surface area contributed by atoms with E-state index in [4.69, 9.17) is 10.5 Å². The number of hydrogen-bond acceptors (Lipinski definition) is 5. The fourth-order valence-electron chi connectivity index (χ4n) is 1.92. The number of nitrogen functional groups attached to an aromatic ring is 1. The quantitative estimate of drug-likeness (QED) is 0.848. The summed E-state index contributed by atoms with van der Waals surface area (Å²) in [6.45, 7) is 4.64. The Bertz CT molecular complexity index is 629. The number of carbonyl (C=O) groups is 1. The maximum absolute atomic E-state index is 12.2. The minimum Gasteiger partial charge on any atom is -0.383 e. The lowest BCUT2D eigenvalue weighted by molar-refractivity contribution is 0.0617. The first-order valence-corrected chi connectivity index (χ1v) is 6.97. The van der Waals surface area contributed by atoms with Crippen molar-refractivity contribution in [3.05, 3.63) is 54.0 Å². The summed E-state index contributed by atoms with van der Waals surface area (Å²) in [5.41, 5.74) is 6.49. The molecule has 116 valence electrons. The zero-order valence-corrected chi connectivity index (χ0v) is 12.7. The third kappa shape index (κ3) is 4.53. The summed E-state index contributed by atoms with van der Waals surface area (Å²) in [6, 6.07) is 9.87. The number of rotatable bonds is 6. The highest BCUT2D eigenvalue weighted by molar-refractivity contribution is 5.98. The van der Waals surface area contributed by atoms with Crippen LogP contribution in [-0.4, -0.2) is 28.0 Å². The SMILES string of the molecule is CC(C)(COCc1ccccc1)NC(=O)c1cncnc1N. The van der Waals surface area contributed by atoms with Crippen molar-refractivity contribution in [2.45, 2.75) is 26.0 Å².